The summed E-state index contributed by atoms with van der Waals surface area (Å²) in [4.78, 5) is 22.0. The van der Waals surface area contributed by atoms with Crippen molar-refractivity contribution in [3.63, 3.8) is 0 Å². The lowest BCUT2D eigenvalue weighted by Crippen LogP contribution is -2.10. The second-order valence-corrected chi connectivity index (χ2v) is 2.36. The van der Waals surface area contributed by atoms with Crippen LogP contribution in [0.4, 0.5) is 0 Å². The number of hydrogen-bond acceptors (Lipinski definition) is 2. The number of carbonyl (C=O) groups is 2. The van der Waals surface area contributed by atoms with E-state index >= 15 is 0 Å². The third-order valence-corrected chi connectivity index (χ3v) is 1.62. The fourth-order valence-corrected chi connectivity index (χ4v) is 1.05. The average molecular weight is 220 g/mol. The van der Waals surface area contributed by atoms with E-state index in [2.05, 4.69) is 10.2 Å². The number of carbonyl (C=O) groups excluding carboxylic acids is 2. The van der Waals surface area contributed by atoms with Gasteiger partial charge in [0.05, 0.1) is 11.1 Å². The lowest BCUT2D eigenvalue weighted by molar-refractivity contribution is 0.0920. The minimum absolute atomic E-state index is 0.331. The fraction of sp³-hybridized carbons (Fsp3) is 0.333. The van der Waals surface area contributed by atoms with Crippen LogP contribution in [-0.4, -0.2) is 11.8 Å². The minimum Gasteiger partial charge on any atom is -0.265 e. The van der Waals surface area contributed by atoms with Crippen molar-refractivity contribution in [2.45, 2.75) is 27.7 Å². The lowest BCUT2D eigenvalue weighted by Gasteiger charge is -2.04. The van der Waals surface area contributed by atoms with Gasteiger partial charge in [0.2, 0.25) is 0 Å². The number of nitrogens with zero attached hydrogens (tertiary/aromatic N) is 2. The molecule has 16 heavy (non-hydrogen) atoms. The van der Waals surface area contributed by atoms with E-state index in [1.54, 1.807) is 24.3 Å². The van der Waals surface area contributed by atoms with Crippen LogP contribution in [0.25, 0.3) is 0 Å². The maximum Gasteiger partial charge on any atom is 0.296 e. The molecule has 2 amide bonds. The molecule has 1 aromatic rings. The molecule has 2 rings (SSSR count). The highest BCUT2D eigenvalue weighted by atomic mass is 16.2. The van der Waals surface area contributed by atoms with E-state index in [1.807, 2.05) is 27.7 Å². The number of rotatable bonds is 0. The molecule has 0 atom stereocenters. The number of benzene rings is 1. The Morgan fingerprint density at radius 1 is 0.750 bits per heavy atom. The van der Waals surface area contributed by atoms with E-state index in [-0.39, 0.29) is 0 Å². The molecule has 1 heterocycles. The van der Waals surface area contributed by atoms with E-state index in [0.29, 0.717) is 11.1 Å². The molecule has 4 nitrogen and oxygen atoms in total. The average Bonchev–Trinajstić information content (AvgIpc) is 2.39. The highest BCUT2D eigenvalue weighted by Gasteiger charge is 2.20. The smallest absolute Gasteiger partial charge is 0.265 e. The van der Waals surface area contributed by atoms with E-state index < -0.39 is 11.8 Å². The van der Waals surface area contributed by atoms with Crippen LogP contribution in [0, 0.1) is 0 Å². The second kappa shape index (κ2) is 7.45. The third-order valence-electron chi connectivity index (χ3n) is 1.62. The zero-order valence-corrected chi connectivity index (χ0v) is 10.0. The molecule has 0 aromatic heterocycles. The van der Waals surface area contributed by atoms with Crippen LogP contribution < -0.4 is 0 Å². The highest BCUT2D eigenvalue weighted by Crippen LogP contribution is 2.15. The van der Waals surface area contributed by atoms with Crippen LogP contribution in [0.2, 0.25) is 0 Å². The number of azo groups is 1. The molecule has 0 radical (unpaired) electrons. The predicted octanol–water partition coefficient (Wildman–Crippen LogP) is 3.49. The summed E-state index contributed by atoms with van der Waals surface area (Å²) < 4.78 is 0. The van der Waals surface area contributed by atoms with Gasteiger partial charge in [0.1, 0.15) is 0 Å². The van der Waals surface area contributed by atoms with Crippen molar-refractivity contribution in [1.29, 1.82) is 0 Å². The molecule has 0 saturated heterocycles. The van der Waals surface area contributed by atoms with Crippen molar-refractivity contribution in [2.75, 3.05) is 0 Å². The van der Waals surface area contributed by atoms with E-state index in [0.717, 1.165) is 0 Å². The Balaban J connectivity index is 0.000000509. The molecule has 1 aromatic carbocycles. The maximum absolute atomic E-state index is 11.0. The van der Waals surface area contributed by atoms with Gasteiger partial charge in [0, 0.05) is 0 Å². The minimum atomic E-state index is -0.454. The summed E-state index contributed by atoms with van der Waals surface area (Å²) in [5.41, 5.74) is 0.662. The van der Waals surface area contributed by atoms with Crippen molar-refractivity contribution < 1.29 is 9.59 Å². The first-order chi connectivity index (χ1) is 7.79. The summed E-state index contributed by atoms with van der Waals surface area (Å²) >= 11 is 0. The van der Waals surface area contributed by atoms with Crippen LogP contribution in [0.1, 0.15) is 48.4 Å². The molecule has 86 valence electrons. The van der Waals surface area contributed by atoms with Crippen LogP contribution in [-0.2, 0) is 0 Å². The van der Waals surface area contributed by atoms with Gasteiger partial charge in [-0.15, -0.1) is 10.2 Å². The van der Waals surface area contributed by atoms with Crippen LogP contribution in [0.15, 0.2) is 34.5 Å². The first kappa shape index (κ1) is 14.2. The quantitative estimate of drug-likeness (QED) is 0.672. The standard InChI is InChI=1S/C8H4N2O2.2C2H6/c11-7-5-3-1-2-4-6(5)8(12)10-9-7;2*1-2/h1-4H;2*1-2H3. The van der Waals surface area contributed by atoms with Gasteiger partial charge < -0.3 is 0 Å². The van der Waals surface area contributed by atoms with Crippen LogP contribution in [0.5, 0.6) is 0 Å². The Labute approximate surface area is 95.4 Å². The van der Waals surface area contributed by atoms with Crippen molar-refractivity contribution in [2.24, 2.45) is 10.2 Å². The molecule has 0 spiro atoms. The predicted molar refractivity (Wildman–Crippen MR) is 62.7 cm³/mol. The van der Waals surface area contributed by atoms with Gasteiger partial charge in [0.25, 0.3) is 11.8 Å². The molecule has 0 saturated carbocycles. The second-order valence-electron chi connectivity index (χ2n) is 2.36. The lowest BCUT2D eigenvalue weighted by atomic mass is 10.1. The molecule has 0 fully saturated rings. The summed E-state index contributed by atoms with van der Waals surface area (Å²) in [6, 6.07) is 6.50. The molecular formula is C12H16N2O2. The van der Waals surface area contributed by atoms with Gasteiger partial charge >= 0.3 is 0 Å². The Kier molecular flexibility index (Phi) is 6.59. The molecule has 0 bridgehead atoms. The van der Waals surface area contributed by atoms with E-state index in [1.165, 1.54) is 0 Å². The number of amides is 2. The zero-order chi connectivity index (χ0) is 12.6. The number of fused-ring (bicyclic) bond motifs is 1. The maximum atomic E-state index is 11.0. The van der Waals surface area contributed by atoms with Crippen molar-refractivity contribution in [3.05, 3.63) is 35.4 Å². The Bertz CT molecular complexity index is 361. The Morgan fingerprint density at radius 3 is 1.38 bits per heavy atom. The zero-order valence-electron chi connectivity index (χ0n) is 10.0. The van der Waals surface area contributed by atoms with Gasteiger partial charge in [-0.2, -0.15) is 0 Å². The van der Waals surface area contributed by atoms with E-state index in [9.17, 15) is 9.59 Å². The van der Waals surface area contributed by atoms with Crippen molar-refractivity contribution >= 4 is 11.8 Å². The molecule has 4 heteroatoms. The number of hydrogen-bond donors (Lipinski definition) is 0. The van der Waals surface area contributed by atoms with Crippen molar-refractivity contribution in [3.8, 4) is 0 Å². The van der Waals surface area contributed by atoms with E-state index in [4.69, 9.17) is 0 Å². The summed E-state index contributed by atoms with van der Waals surface area (Å²) in [6.45, 7) is 8.00. The highest BCUT2D eigenvalue weighted by molar-refractivity contribution is 6.10. The van der Waals surface area contributed by atoms with Gasteiger partial charge in [-0.25, -0.2) is 0 Å². The molecule has 1 aliphatic rings. The first-order valence-electron chi connectivity index (χ1n) is 5.38. The van der Waals surface area contributed by atoms with Gasteiger partial charge in [-0.1, -0.05) is 39.8 Å². The normalized spacial score (nSPS) is 11.8. The Hall–Kier alpha value is -1.84. The van der Waals surface area contributed by atoms with Crippen LogP contribution >= 0.6 is 0 Å². The summed E-state index contributed by atoms with van der Waals surface area (Å²) in [5, 5.41) is 6.38. The molecular weight excluding hydrogens is 204 g/mol. The molecule has 0 N–H and O–H groups in total. The summed E-state index contributed by atoms with van der Waals surface area (Å²) in [7, 11) is 0. The van der Waals surface area contributed by atoms with Crippen molar-refractivity contribution in [1.82, 2.24) is 0 Å². The van der Waals surface area contributed by atoms with Gasteiger partial charge in [-0.05, 0) is 12.1 Å². The molecule has 1 aliphatic heterocycles. The molecule has 0 aliphatic carbocycles. The third kappa shape index (κ3) is 3.08. The molecule has 0 unspecified atom stereocenters. The Morgan fingerprint density at radius 2 is 1.06 bits per heavy atom. The first-order valence-corrected chi connectivity index (χ1v) is 5.38. The monoisotopic (exact) mass is 220 g/mol. The van der Waals surface area contributed by atoms with Crippen LogP contribution in [0.3, 0.4) is 0 Å². The van der Waals surface area contributed by atoms with Gasteiger partial charge in [-0.3, -0.25) is 9.59 Å². The topological polar surface area (TPSA) is 58.9 Å². The summed E-state index contributed by atoms with van der Waals surface area (Å²) in [5.74, 6) is -0.907. The SMILES string of the molecule is CC.CC.O=C1N=NC(=O)c2ccccc21. The van der Waals surface area contributed by atoms with Gasteiger partial charge in [0.15, 0.2) is 0 Å². The largest absolute Gasteiger partial charge is 0.296 e. The summed E-state index contributed by atoms with van der Waals surface area (Å²) in [6.07, 6.45) is 0. The fourth-order valence-electron chi connectivity index (χ4n) is 1.05.